The van der Waals surface area contributed by atoms with Crippen LogP contribution in [0.2, 0.25) is 0 Å². The van der Waals surface area contributed by atoms with E-state index in [-0.39, 0.29) is 18.7 Å². The van der Waals surface area contributed by atoms with Gasteiger partial charge in [0.2, 0.25) is 12.7 Å². The molecule has 6 nitrogen and oxygen atoms in total. The van der Waals surface area contributed by atoms with Gasteiger partial charge in [-0.05, 0) is 78.1 Å². The maximum atomic E-state index is 13.5. The van der Waals surface area contributed by atoms with Gasteiger partial charge in [0.1, 0.15) is 0 Å². The number of nitrogens with zero attached hydrogens (tertiary/aromatic N) is 2. The van der Waals surface area contributed by atoms with Crippen molar-refractivity contribution in [3.63, 3.8) is 0 Å². The third kappa shape index (κ3) is 5.91. The third-order valence-electron chi connectivity index (χ3n) is 8.16. The Labute approximate surface area is 232 Å². The van der Waals surface area contributed by atoms with Crippen LogP contribution in [0.1, 0.15) is 67.8 Å². The van der Waals surface area contributed by atoms with Crippen LogP contribution in [0, 0.1) is 0 Å². The first-order valence-electron chi connectivity index (χ1n) is 14.4. The summed E-state index contributed by atoms with van der Waals surface area (Å²) < 4.78 is 11.2. The van der Waals surface area contributed by atoms with Crippen molar-refractivity contribution in [2.45, 2.75) is 58.4 Å². The zero-order valence-electron chi connectivity index (χ0n) is 23.7. The molecule has 5 rings (SSSR count). The fourth-order valence-corrected chi connectivity index (χ4v) is 6.02. The molecule has 6 heteroatoms. The zero-order chi connectivity index (χ0) is 27.4. The van der Waals surface area contributed by atoms with Crippen molar-refractivity contribution in [3.05, 3.63) is 82.9 Å². The van der Waals surface area contributed by atoms with Crippen molar-refractivity contribution >= 4 is 17.3 Å². The molecule has 0 spiro atoms. The van der Waals surface area contributed by atoms with Gasteiger partial charge in [-0.15, -0.1) is 0 Å². The van der Waals surface area contributed by atoms with Crippen LogP contribution in [0.3, 0.4) is 0 Å². The quantitative estimate of drug-likeness (QED) is 0.324. The third-order valence-corrected chi connectivity index (χ3v) is 8.16. The van der Waals surface area contributed by atoms with E-state index < -0.39 is 0 Å². The summed E-state index contributed by atoms with van der Waals surface area (Å²) in [6, 6.07) is 21.6. The second kappa shape index (κ2) is 12.1. The number of fused-ring (bicyclic) bond motifs is 1. The second-order valence-corrected chi connectivity index (χ2v) is 10.7. The van der Waals surface area contributed by atoms with Gasteiger partial charge >= 0.3 is 0 Å². The number of likely N-dealkylation sites (tertiary alicyclic amines) is 1. The molecule has 206 valence electrons. The average Bonchev–Trinajstić information content (AvgIpc) is 3.60. The highest BCUT2D eigenvalue weighted by Gasteiger charge is 2.35. The van der Waals surface area contributed by atoms with Gasteiger partial charge in [0, 0.05) is 37.6 Å². The summed E-state index contributed by atoms with van der Waals surface area (Å²) in [6.45, 7) is 8.94. The van der Waals surface area contributed by atoms with Crippen LogP contribution >= 0.6 is 0 Å². The van der Waals surface area contributed by atoms with Crippen LogP contribution in [0.25, 0.3) is 0 Å². The highest BCUT2D eigenvalue weighted by Crippen LogP contribution is 2.43. The number of ether oxygens (including phenoxy) is 2. The lowest BCUT2D eigenvalue weighted by molar-refractivity contribution is -0.117. The van der Waals surface area contributed by atoms with Gasteiger partial charge in [-0.25, -0.2) is 0 Å². The van der Waals surface area contributed by atoms with Crippen LogP contribution in [-0.2, 0) is 17.6 Å². The second-order valence-electron chi connectivity index (χ2n) is 10.7. The van der Waals surface area contributed by atoms with Gasteiger partial charge in [-0.3, -0.25) is 9.69 Å². The summed E-state index contributed by atoms with van der Waals surface area (Å²) in [7, 11) is 2.14. The van der Waals surface area contributed by atoms with E-state index in [1.807, 2.05) is 6.07 Å². The predicted molar refractivity (Wildman–Crippen MR) is 158 cm³/mol. The molecule has 3 aromatic carbocycles. The fraction of sp³-hybridized carbons (Fsp3) is 0.424. The highest BCUT2D eigenvalue weighted by molar-refractivity contribution is 5.94. The van der Waals surface area contributed by atoms with Crippen molar-refractivity contribution in [1.29, 1.82) is 0 Å². The molecule has 2 heterocycles. The molecule has 0 saturated carbocycles. The summed E-state index contributed by atoms with van der Waals surface area (Å²) in [5.74, 6) is 1.96. The number of carbonyl (C=O) groups is 1. The first-order chi connectivity index (χ1) is 19.0. The molecule has 0 bridgehead atoms. The van der Waals surface area contributed by atoms with Crippen LogP contribution < -0.4 is 19.7 Å². The van der Waals surface area contributed by atoms with E-state index in [1.165, 1.54) is 27.9 Å². The van der Waals surface area contributed by atoms with Crippen LogP contribution in [0.4, 0.5) is 11.4 Å². The average molecular weight is 528 g/mol. The van der Waals surface area contributed by atoms with Gasteiger partial charge in [0.25, 0.3) is 0 Å². The van der Waals surface area contributed by atoms with E-state index >= 15 is 0 Å². The smallest absolute Gasteiger partial charge is 0.238 e. The number of benzene rings is 3. The number of carbonyl (C=O) groups excluding carboxylic acids is 1. The Balaban J connectivity index is 1.38. The highest BCUT2D eigenvalue weighted by atomic mass is 16.7. The molecule has 0 radical (unpaired) electrons. The molecule has 1 fully saturated rings. The number of nitrogens with one attached hydrogen (secondary N) is 1. The topological polar surface area (TPSA) is 54.0 Å². The van der Waals surface area contributed by atoms with Gasteiger partial charge in [-0.2, -0.15) is 0 Å². The van der Waals surface area contributed by atoms with Crippen LogP contribution in [0.15, 0.2) is 60.7 Å². The van der Waals surface area contributed by atoms with Crippen LogP contribution in [-0.4, -0.2) is 44.3 Å². The van der Waals surface area contributed by atoms with Crippen molar-refractivity contribution in [1.82, 2.24) is 4.90 Å². The summed E-state index contributed by atoms with van der Waals surface area (Å²) in [5.41, 5.74) is 7.06. The molecular weight excluding hydrogens is 486 g/mol. The maximum absolute atomic E-state index is 13.5. The Kier molecular flexibility index (Phi) is 8.41. The molecule has 0 aromatic heterocycles. The fourth-order valence-electron chi connectivity index (χ4n) is 6.02. The van der Waals surface area contributed by atoms with E-state index in [0.717, 1.165) is 56.0 Å². The molecule has 1 amide bonds. The van der Waals surface area contributed by atoms with Gasteiger partial charge in [-0.1, -0.05) is 57.2 Å². The number of hydrogen-bond donors (Lipinski definition) is 1. The Hall–Kier alpha value is -3.51. The molecule has 2 atom stereocenters. The number of rotatable bonds is 10. The minimum atomic E-state index is 0.0428. The minimum absolute atomic E-state index is 0.0428. The van der Waals surface area contributed by atoms with Crippen molar-refractivity contribution in [2.75, 3.05) is 43.7 Å². The van der Waals surface area contributed by atoms with Crippen LogP contribution in [0.5, 0.6) is 11.5 Å². The number of para-hydroxylation sites is 1. The zero-order valence-corrected chi connectivity index (χ0v) is 23.7. The van der Waals surface area contributed by atoms with Crippen molar-refractivity contribution in [3.8, 4) is 11.5 Å². The molecule has 39 heavy (non-hydrogen) atoms. The lowest BCUT2D eigenvalue weighted by atomic mass is 9.93. The molecule has 2 aliphatic heterocycles. The summed E-state index contributed by atoms with van der Waals surface area (Å²) >= 11 is 0. The lowest BCUT2D eigenvalue weighted by Crippen LogP contribution is -2.33. The molecule has 3 aromatic rings. The Morgan fingerprint density at radius 1 is 0.949 bits per heavy atom. The molecular formula is C33H41N3O3. The SMILES string of the molecule is CCCN(C)c1ccc(C2CC(c3ccc4c(c3)OCO4)CN2CC(=O)Nc2c(CC)cccc2CC)cc1. The van der Waals surface area contributed by atoms with Gasteiger partial charge in [0.05, 0.1) is 6.54 Å². The van der Waals surface area contributed by atoms with E-state index in [0.29, 0.717) is 12.5 Å². The molecule has 1 saturated heterocycles. The van der Waals surface area contributed by atoms with Gasteiger partial charge < -0.3 is 19.7 Å². The number of amides is 1. The Bertz CT molecular complexity index is 1270. The standard InChI is InChI=1S/C33H41N3O3/c1-5-17-35(4)28-14-11-25(12-15-28)29-18-27(26-13-16-30-31(19-26)39-22-38-30)20-36(29)21-32(37)34-33-23(6-2)9-8-10-24(33)7-3/h8-16,19,27,29H,5-7,17-18,20-22H2,1-4H3,(H,34,37). The summed E-state index contributed by atoms with van der Waals surface area (Å²) in [5, 5.41) is 3.28. The van der Waals surface area contributed by atoms with Crippen molar-refractivity contribution in [2.24, 2.45) is 0 Å². The van der Waals surface area contributed by atoms with E-state index in [2.05, 4.69) is 97.5 Å². The Morgan fingerprint density at radius 2 is 1.64 bits per heavy atom. The van der Waals surface area contributed by atoms with E-state index in [1.54, 1.807) is 0 Å². The summed E-state index contributed by atoms with van der Waals surface area (Å²) in [6.07, 6.45) is 3.84. The molecule has 2 unspecified atom stereocenters. The minimum Gasteiger partial charge on any atom is -0.454 e. The van der Waals surface area contributed by atoms with Gasteiger partial charge in [0.15, 0.2) is 11.5 Å². The number of aryl methyl sites for hydroxylation is 2. The molecule has 1 N–H and O–H groups in total. The van der Waals surface area contributed by atoms with E-state index in [4.69, 9.17) is 9.47 Å². The molecule has 2 aliphatic rings. The molecule has 0 aliphatic carbocycles. The summed E-state index contributed by atoms with van der Waals surface area (Å²) in [4.78, 5) is 18.1. The normalized spacial score (nSPS) is 18.4. The monoisotopic (exact) mass is 527 g/mol. The predicted octanol–water partition coefficient (Wildman–Crippen LogP) is 6.56. The first-order valence-corrected chi connectivity index (χ1v) is 14.4. The largest absolute Gasteiger partial charge is 0.454 e. The first kappa shape index (κ1) is 27.1. The van der Waals surface area contributed by atoms with Crippen molar-refractivity contribution < 1.29 is 14.3 Å². The number of hydrogen-bond acceptors (Lipinski definition) is 5. The number of anilines is 2. The van der Waals surface area contributed by atoms with E-state index in [9.17, 15) is 4.79 Å². The lowest BCUT2D eigenvalue weighted by Gasteiger charge is -2.26. The Morgan fingerprint density at radius 3 is 2.33 bits per heavy atom. The maximum Gasteiger partial charge on any atom is 0.238 e.